The molecule has 0 amide bonds. The molecular weight excluding hydrogens is 268 g/mol. The van der Waals surface area contributed by atoms with Gasteiger partial charge in [-0.05, 0) is 44.2 Å². The van der Waals surface area contributed by atoms with Gasteiger partial charge in [0.1, 0.15) is 17.1 Å². The Hall–Kier alpha value is -1.71. The lowest BCUT2D eigenvalue weighted by Gasteiger charge is -2.18. The van der Waals surface area contributed by atoms with Gasteiger partial charge in [-0.1, -0.05) is 19.3 Å². The third-order valence-electron chi connectivity index (χ3n) is 3.85. The van der Waals surface area contributed by atoms with Crippen LogP contribution in [0.25, 0.3) is 0 Å². The van der Waals surface area contributed by atoms with Gasteiger partial charge in [0, 0.05) is 6.07 Å². The molecule has 0 bridgehead atoms. The molecule has 1 heterocycles. The van der Waals surface area contributed by atoms with Crippen molar-refractivity contribution >= 4 is 5.97 Å². The summed E-state index contributed by atoms with van der Waals surface area (Å²) in [6.07, 6.45) is 6.16. The summed E-state index contributed by atoms with van der Waals surface area (Å²) in [5, 5.41) is 9.88. The van der Waals surface area contributed by atoms with Gasteiger partial charge in [0.05, 0.1) is 17.3 Å². The maximum absolute atomic E-state index is 12.6. The van der Waals surface area contributed by atoms with Crippen molar-refractivity contribution < 1.29 is 23.5 Å². The Morgan fingerprint density at radius 3 is 2.86 bits per heavy atom. The smallest absolute Gasteiger partial charge is 0.342 e. The van der Waals surface area contributed by atoms with Crippen molar-refractivity contribution in [3.8, 4) is 11.5 Å². The molecule has 2 rings (SSSR count). The Kier molecular flexibility index (Phi) is 4.16. The van der Waals surface area contributed by atoms with E-state index in [-0.39, 0.29) is 23.2 Å². The van der Waals surface area contributed by atoms with Crippen LogP contribution in [0.1, 0.15) is 65.5 Å². The number of phenolic OH excluding ortho intramolecular Hbond substituents is 1. The van der Waals surface area contributed by atoms with Gasteiger partial charge in [0.15, 0.2) is 0 Å². The highest BCUT2D eigenvalue weighted by Gasteiger charge is 2.22. The minimum absolute atomic E-state index is 0.108. The van der Waals surface area contributed by atoms with E-state index < -0.39 is 13.0 Å². The van der Waals surface area contributed by atoms with Crippen molar-refractivity contribution in [3.63, 3.8) is 0 Å². The zero-order valence-electron chi connectivity index (χ0n) is 15.4. The van der Waals surface area contributed by atoms with Crippen LogP contribution in [0.15, 0.2) is 12.1 Å². The summed E-state index contributed by atoms with van der Waals surface area (Å²) >= 11 is 0. The zero-order valence-corrected chi connectivity index (χ0v) is 12.4. The molecule has 1 aromatic carbocycles. The molecule has 0 radical (unpaired) electrons. The molecule has 0 aliphatic carbocycles. The number of rotatable bonds is 1. The molecule has 1 aliphatic heterocycles. The molecule has 4 nitrogen and oxygen atoms in total. The number of fused-ring (bicyclic) bond motifs is 1. The highest BCUT2D eigenvalue weighted by Crippen LogP contribution is 2.31. The number of cyclic esters (lactones) is 1. The van der Waals surface area contributed by atoms with Gasteiger partial charge in [-0.15, -0.1) is 0 Å². The number of methoxy groups -OCH3 is 1. The molecule has 0 saturated heterocycles. The highest BCUT2D eigenvalue weighted by molar-refractivity contribution is 5.94. The number of benzene rings is 1. The second-order valence-corrected chi connectivity index (χ2v) is 5.60. The second-order valence-electron chi connectivity index (χ2n) is 5.60. The monoisotopic (exact) mass is 295 g/mol. The van der Waals surface area contributed by atoms with E-state index in [1.165, 1.54) is 6.07 Å². The predicted octanol–water partition coefficient (Wildman–Crippen LogP) is 3.84. The number of phenols is 1. The van der Waals surface area contributed by atoms with Gasteiger partial charge < -0.3 is 14.6 Å². The minimum Gasteiger partial charge on any atom is -0.508 e. The van der Waals surface area contributed by atoms with Crippen LogP contribution in [0.4, 0.5) is 0 Å². The van der Waals surface area contributed by atoms with E-state index in [4.69, 9.17) is 13.6 Å². The van der Waals surface area contributed by atoms with E-state index in [1.54, 1.807) is 0 Å². The van der Waals surface area contributed by atoms with Gasteiger partial charge in [-0.2, -0.15) is 0 Å². The summed E-state index contributed by atoms with van der Waals surface area (Å²) < 4.78 is 32.3. The van der Waals surface area contributed by atoms with Crippen LogP contribution in [0.3, 0.4) is 0 Å². The lowest BCUT2D eigenvalue weighted by Crippen LogP contribution is -2.18. The first-order valence-electron chi connectivity index (χ1n) is 9.02. The van der Waals surface area contributed by atoms with Gasteiger partial charge in [-0.3, -0.25) is 0 Å². The SMILES string of the molecule is [2H]C([2H])([2H])Oc1cc(O)cc2c1C(=O)O[C@H](C)CCCCCCC2. The van der Waals surface area contributed by atoms with Crippen LogP contribution in [0, 0.1) is 0 Å². The summed E-state index contributed by atoms with van der Waals surface area (Å²) in [6.45, 7) is 1.83. The first kappa shape index (κ1) is 11.9. The van der Waals surface area contributed by atoms with E-state index >= 15 is 0 Å². The Bertz CT molecular complexity index is 584. The van der Waals surface area contributed by atoms with E-state index in [2.05, 4.69) is 0 Å². The fourth-order valence-corrected chi connectivity index (χ4v) is 2.74. The summed E-state index contributed by atoms with van der Waals surface area (Å²) in [4.78, 5) is 12.6. The molecule has 0 aromatic heterocycles. The number of esters is 1. The van der Waals surface area contributed by atoms with Crippen molar-refractivity contribution in [1.82, 2.24) is 0 Å². The number of aryl methyl sites for hydroxylation is 1. The van der Waals surface area contributed by atoms with Crippen molar-refractivity contribution in [2.75, 3.05) is 7.04 Å². The van der Waals surface area contributed by atoms with E-state index in [0.717, 1.165) is 44.6 Å². The van der Waals surface area contributed by atoms with Crippen LogP contribution >= 0.6 is 0 Å². The van der Waals surface area contributed by atoms with Crippen molar-refractivity contribution in [2.45, 2.75) is 58.0 Å². The van der Waals surface area contributed by atoms with Crippen LogP contribution in [-0.4, -0.2) is 24.2 Å². The largest absolute Gasteiger partial charge is 0.508 e. The molecule has 4 heteroatoms. The van der Waals surface area contributed by atoms with E-state index in [0.29, 0.717) is 12.0 Å². The summed E-state index contributed by atoms with van der Waals surface area (Å²) in [7, 11) is -2.71. The number of carbonyl (C=O) groups is 1. The van der Waals surface area contributed by atoms with Crippen LogP contribution in [-0.2, 0) is 11.2 Å². The summed E-state index contributed by atoms with van der Waals surface area (Å²) in [6, 6.07) is 2.64. The number of aromatic hydroxyl groups is 1. The lowest BCUT2D eigenvalue weighted by atomic mass is 9.98. The first-order chi connectivity index (χ1) is 11.3. The zero-order chi connectivity index (χ0) is 17.7. The molecule has 0 unspecified atom stereocenters. The topological polar surface area (TPSA) is 55.8 Å². The normalized spacial score (nSPS) is 23.4. The Balaban J connectivity index is 2.42. The van der Waals surface area contributed by atoms with Gasteiger partial charge in [0.2, 0.25) is 0 Å². The minimum atomic E-state index is -2.71. The predicted molar refractivity (Wildman–Crippen MR) is 80.9 cm³/mol. The lowest BCUT2D eigenvalue weighted by molar-refractivity contribution is 0.0314. The van der Waals surface area contributed by atoms with E-state index in [1.807, 2.05) is 6.92 Å². The number of hydrogen-bond donors (Lipinski definition) is 1. The standard InChI is InChI=1S/C17H24O4/c1-12-8-6-4-3-5-7-9-13-10-14(18)11-15(20-2)16(13)17(19)21-12/h10-12,18H,3-9H2,1-2H3/t12-/m1/s1/i2D3. The summed E-state index contributed by atoms with van der Waals surface area (Å²) in [5.41, 5.74) is 0.670. The van der Waals surface area contributed by atoms with Gasteiger partial charge in [0.25, 0.3) is 0 Å². The second kappa shape index (κ2) is 7.34. The third kappa shape index (κ3) is 4.13. The number of hydrogen-bond acceptors (Lipinski definition) is 4. The third-order valence-corrected chi connectivity index (χ3v) is 3.85. The summed E-state index contributed by atoms with van der Waals surface area (Å²) in [5.74, 6) is -0.877. The number of ether oxygens (including phenoxy) is 2. The molecule has 0 spiro atoms. The molecule has 0 fully saturated rings. The van der Waals surface area contributed by atoms with Gasteiger partial charge in [-0.25, -0.2) is 4.79 Å². The van der Waals surface area contributed by atoms with Gasteiger partial charge >= 0.3 is 5.97 Å². The average Bonchev–Trinajstić information content (AvgIpc) is 2.42. The highest BCUT2D eigenvalue weighted by atomic mass is 16.5. The fourth-order valence-electron chi connectivity index (χ4n) is 2.74. The Morgan fingerprint density at radius 1 is 1.29 bits per heavy atom. The Morgan fingerprint density at radius 2 is 2.05 bits per heavy atom. The molecule has 21 heavy (non-hydrogen) atoms. The molecule has 1 aliphatic rings. The Labute approximate surface area is 130 Å². The maximum atomic E-state index is 12.6. The maximum Gasteiger partial charge on any atom is 0.342 e. The molecule has 1 aromatic rings. The average molecular weight is 295 g/mol. The van der Waals surface area contributed by atoms with Crippen molar-refractivity contribution in [3.05, 3.63) is 23.3 Å². The molecule has 0 saturated carbocycles. The van der Waals surface area contributed by atoms with E-state index in [9.17, 15) is 9.90 Å². The fraction of sp³-hybridized carbons (Fsp3) is 0.588. The first-order valence-corrected chi connectivity index (χ1v) is 7.52. The molecular formula is C17H24O4. The quantitative estimate of drug-likeness (QED) is 0.800. The molecule has 1 N–H and O–H groups in total. The molecule has 1 atom stereocenters. The van der Waals surface area contributed by atoms with Crippen LogP contribution in [0.5, 0.6) is 11.5 Å². The number of carbonyl (C=O) groups excluding carboxylic acids is 1. The van der Waals surface area contributed by atoms with Crippen LogP contribution < -0.4 is 4.74 Å². The van der Waals surface area contributed by atoms with Crippen LogP contribution in [0.2, 0.25) is 0 Å². The molecule has 116 valence electrons. The van der Waals surface area contributed by atoms with Crippen molar-refractivity contribution in [1.29, 1.82) is 0 Å². The van der Waals surface area contributed by atoms with Crippen molar-refractivity contribution in [2.24, 2.45) is 0 Å².